The van der Waals surface area contributed by atoms with Gasteiger partial charge in [-0.3, -0.25) is 0 Å². The number of anilines is 2. The minimum Gasteiger partial charge on any atom is -0.339 e. The normalized spacial score (nSPS) is 10.5. The number of nitrogens with two attached hydrogens (primary N) is 1. The quantitative estimate of drug-likeness (QED) is 0.912. The van der Waals surface area contributed by atoms with Gasteiger partial charge in [-0.25, -0.2) is 8.78 Å². The third-order valence-electron chi connectivity index (χ3n) is 2.95. The molecule has 100 valence electrons. The summed E-state index contributed by atoms with van der Waals surface area (Å²) in [5.41, 5.74) is 7.26. The van der Waals surface area contributed by atoms with Crippen LogP contribution in [0.4, 0.5) is 20.2 Å². The van der Waals surface area contributed by atoms with Crippen molar-refractivity contribution in [1.29, 1.82) is 0 Å². The van der Waals surface area contributed by atoms with E-state index in [0.717, 1.165) is 0 Å². The topological polar surface area (TPSA) is 29.3 Å². The molecule has 0 unspecified atom stereocenters. The van der Waals surface area contributed by atoms with Gasteiger partial charge in [0.25, 0.3) is 0 Å². The van der Waals surface area contributed by atoms with E-state index in [4.69, 9.17) is 5.73 Å². The van der Waals surface area contributed by atoms with Crippen LogP contribution >= 0.6 is 0 Å². The molecular weight excluding hydrogens is 246 g/mol. The molecule has 0 aromatic heterocycles. The van der Waals surface area contributed by atoms with Crippen LogP contribution < -0.4 is 10.6 Å². The first-order chi connectivity index (χ1) is 9.15. The van der Waals surface area contributed by atoms with Gasteiger partial charge in [-0.05, 0) is 42.8 Å². The van der Waals surface area contributed by atoms with E-state index in [-0.39, 0.29) is 18.2 Å². The van der Waals surface area contributed by atoms with Gasteiger partial charge >= 0.3 is 0 Å². The average Bonchev–Trinajstić information content (AvgIpc) is 2.41. The van der Waals surface area contributed by atoms with Gasteiger partial charge in [-0.1, -0.05) is 12.1 Å². The zero-order valence-electron chi connectivity index (χ0n) is 10.7. The molecule has 2 aromatic rings. The third kappa shape index (κ3) is 2.90. The third-order valence-corrected chi connectivity index (χ3v) is 2.95. The summed E-state index contributed by atoms with van der Waals surface area (Å²) in [6.45, 7) is 2.67. The van der Waals surface area contributed by atoms with Crippen LogP contribution in [0.3, 0.4) is 0 Å². The molecule has 0 heterocycles. The Balaban J connectivity index is 2.48. The van der Waals surface area contributed by atoms with Gasteiger partial charge in [0, 0.05) is 18.8 Å². The van der Waals surface area contributed by atoms with Gasteiger partial charge in [-0.15, -0.1) is 0 Å². The lowest BCUT2D eigenvalue weighted by molar-refractivity contribution is 0.620. The monoisotopic (exact) mass is 262 g/mol. The van der Waals surface area contributed by atoms with Crippen LogP contribution in [0.5, 0.6) is 0 Å². The number of hydrogen-bond donors (Lipinski definition) is 1. The summed E-state index contributed by atoms with van der Waals surface area (Å²) in [6.07, 6.45) is 0. The second-order valence-electron chi connectivity index (χ2n) is 4.22. The summed E-state index contributed by atoms with van der Waals surface area (Å²) in [4.78, 5) is 1.72. The van der Waals surface area contributed by atoms with Gasteiger partial charge in [-0.2, -0.15) is 0 Å². The van der Waals surface area contributed by atoms with Crippen molar-refractivity contribution < 1.29 is 8.78 Å². The Morgan fingerprint density at radius 2 is 1.84 bits per heavy atom. The standard InChI is InChI=1S/C15H16F2N2/c1-2-19(15-6-4-3-5-14(15)17)13-8-11(10-18)7-12(16)9-13/h3-9H,2,10,18H2,1H3. The highest BCUT2D eigenvalue weighted by atomic mass is 19.1. The lowest BCUT2D eigenvalue weighted by Crippen LogP contribution is -2.18. The van der Waals surface area contributed by atoms with E-state index in [1.54, 1.807) is 29.2 Å². The maximum atomic E-state index is 13.8. The molecule has 0 aliphatic heterocycles. The molecule has 0 fully saturated rings. The Bertz CT molecular complexity index is 570. The highest BCUT2D eigenvalue weighted by Crippen LogP contribution is 2.28. The number of para-hydroxylation sites is 1. The molecule has 0 saturated carbocycles. The van der Waals surface area contributed by atoms with Crippen LogP contribution in [0.1, 0.15) is 12.5 Å². The molecule has 2 N–H and O–H groups in total. The first-order valence-corrected chi connectivity index (χ1v) is 6.17. The maximum Gasteiger partial charge on any atom is 0.146 e. The zero-order chi connectivity index (χ0) is 13.8. The van der Waals surface area contributed by atoms with E-state index in [1.165, 1.54) is 18.2 Å². The van der Waals surface area contributed by atoms with Crippen molar-refractivity contribution in [2.24, 2.45) is 5.73 Å². The number of rotatable bonds is 4. The van der Waals surface area contributed by atoms with Gasteiger partial charge in [0.2, 0.25) is 0 Å². The van der Waals surface area contributed by atoms with Crippen LogP contribution in [0.15, 0.2) is 42.5 Å². The molecule has 4 heteroatoms. The van der Waals surface area contributed by atoms with Gasteiger partial charge in [0.1, 0.15) is 11.6 Å². The summed E-state index contributed by atoms with van der Waals surface area (Å²) in [5, 5.41) is 0. The van der Waals surface area contributed by atoms with Crippen molar-refractivity contribution >= 4 is 11.4 Å². The summed E-state index contributed by atoms with van der Waals surface area (Å²) >= 11 is 0. The average molecular weight is 262 g/mol. The van der Waals surface area contributed by atoms with E-state index in [1.807, 2.05) is 6.92 Å². The molecule has 0 atom stereocenters. The van der Waals surface area contributed by atoms with Crippen LogP contribution in [-0.2, 0) is 6.54 Å². The SMILES string of the molecule is CCN(c1cc(F)cc(CN)c1)c1ccccc1F. The molecule has 2 aromatic carbocycles. The van der Waals surface area contributed by atoms with Gasteiger partial charge in [0.05, 0.1) is 5.69 Å². The summed E-state index contributed by atoms with van der Waals surface area (Å²) in [6, 6.07) is 11.0. The molecule has 0 radical (unpaired) electrons. The predicted octanol–water partition coefficient (Wildman–Crippen LogP) is 3.58. The molecule has 19 heavy (non-hydrogen) atoms. The fourth-order valence-electron chi connectivity index (χ4n) is 2.07. The van der Waals surface area contributed by atoms with Crippen molar-refractivity contribution in [2.45, 2.75) is 13.5 Å². The number of benzene rings is 2. The van der Waals surface area contributed by atoms with E-state index in [2.05, 4.69) is 0 Å². The minimum atomic E-state index is -0.368. The van der Waals surface area contributed by atoms with Crippen LogP contribution in [0, 0.1) is 11.6 Å². The van der Waals surface area contributed by atoms with Crippen LogP contribution in [-0.4, -0.2) is 6.54 Å². The highest BCUT2D eigenvalue weighted by Gasteiger charge is 2.13. The van der Waals surface area contributed by atoms with E-state index < -0.39 is 0 Å². The Labute approximate surface area is 111 Å². The highest BCUT2D eigenvalue weighted by molar-refractivity contribution is 5.64. The van der Waals surface area contributed by atoms with E-state index in [0.29, 0.717) is 23.5 Å². The van der Waals surface area contributed by atoms with Crippen molar-refractivity contribution in [3.8, 4) is 0 Å². The molecule has 0 spiro atoms. The van der Waals surface area contributed by atoms with Gasteiger partial charge < -0.3 is 10.6 Å². The minimum absolute atomic E-state index is 0.250. The van der Waals surface area contributed by atoms with Crippen molar-refractivity contribution in [2.75, 3.05) is 11.4 Å². The molecule has 0 aliphatic carbocycles. The summed E-state index contributed by atoms with van der Waals surface area (Å²) < 4.78 is 27.4. The molecule has 2 nitrogen and oxygen atoms in total. The fourth-order valence-corrected chi connectivity index (χ4v) is 2.07. The maximum absolute atomic E-state index is 13.8. The molecular formula is C15H16F2N2. The molecule has 2 rings (SSSR count). The fraction of sp³-hybridized carbons (Fsp3) is 0.200. The lowest BCUT2D eigenvalue weighted by atomic mass is 10.1. The number of hydrogen-bond acceptors (Lipinski definition) is 2. The van der Waals surface area contributed by atoms with Gasteiger partial charge in [0.15, 0.2) is 0 Å². The molecule has 0 bridgehead atoms. The number of nitrogens with zero attached hydrogens (tertiary/aromatic N) is 1. The van der Waals surface area contributed by atoms with Crippen molar-refractivity contribution in [3.05, 3.63) is 59.7 Å². The number of halogens is 2. The lowest BCUT2D eigenvalue weighted by Gasteiger charge is -2.24. The largest absolute Gasteiger partial charge is 0.339 e. The second kappa shape index (κ2) is 5.80. The second-order valence-corrected chi connectivity index (χ2v) is 4.22. The predicted molar refractivity (Wildman–Crippen MR) is 73.4 cm³/mol. The van der Waals surface area contributed by atoms with Crippen LogP contribution in [0.25, 0.3) is 0 Å². The van der Waals surface area contributed by atoms with E-state index in [9.17, 15) is 8.78 Å². The molecule has 0 saturated heterocycles. The molecule has 0 aliphatic rings. The Hall–Kier alpha value is -1.94. The first-order valence-electron chi connectivity index (χ1n) is 6.17. The Morgan fingerprint density at radius 3 is 2.47 bits per heavy atom. The van der Waals surface area contributed by atoms with Crippen LogP contribution in [0.2, 0.25) is 0 Å². The smallest absolute Gasteiger partial charge is 0.146 e. The summed E-state index contributed by atoms with van der Waals surface area (Å²) in [5.74, 6) is -0.698. The zero-order valence-corrected chi connectivity index (χ0v) is 10.7. The first kappa shape index (κ1) is 13.5. The molecule has 0 amide bonds. The van der Waals surface area contributed by atoms with Crippen molar-refractivity contribution in [1.82, 2.24) is 0 Å². The Morgan fingerprint density at radius 1 is 1.11 bits per heavy atom. The summed E-state index contributed by atoms with van der Waals surface area (Å²) in [7, 11) is 0. The van der Waals surface area contributed by atoms with Crippen molar-refractivity contribution in [3.63, 3.8) is 0 Å². The van der Waals surface area contributed by atoms with E-state index >= 15 is 0 Å². The Kier molecular flexibility index (Phi) is 4.12.